The summed E-state index contributed by atoms with van der Waals surface area (Å²) in [6.45, 7) is 1.75. The van der Waals surface area contributed by atoms with Gasteiger partial charge in [0.15, 0.2) is 11.8 Å². The van der Waals surface area contributed by atoms with Crippen molar-refractivity contribution >= 4 is 6.03 Å². The van der Waals surface area contributed by atoms with Gasteiger partial charge in [0.2, 0.25) is 0 Å². The number of ether oxygens (including phenoxy) is 2. The summed E-state index contributed by atoms with van der Waals surface area (Å²) in [6.07, 6.45) is -5.48. The first-order valence-electron chi connectivity index (χ1n) is 12.1. The van der Waals surface area contributed by atoms with Crippen LogP contribution in [0.1, 0.15) is 51.0 Å². The van der Waals surface area contributed by atoms with Crippen LogP contribution in [-0.4, -0.2) is 49.3 Å². The minimum atomic E-state index is -4.78. The molecule has 36 heavy (non-hydrogen) atoms. The van der Waals surface area contributed by atoms with E-state index in [1.807, 2.05) is 13.0 Å². The summed E-state index contributed by atoms with van der Waals surface area (Å²) in [5.74, 6) is -1.44. The van der Waals surface area contributed by atoms with Crippen LogP contribution < -0.4 is 20.7 Å². The fourth-order valence-electron chi connectivity index (χ4n) is 5.05. The normalized spacial score (nSPS) is 34.7. The Balaban J connectivity index is 1.49. The zero-order valence-corrected chi connectivity index (χ0v) is 19.7. The first-order chi connectivity index (χ1) is 17.0. The molecule has 2 saturated heterocycles. The molecule has 0 radical (unpaired) electrons. The van der Waals surface area contributed by atoms with E-state index in [9.17, 15) is 26.7 Å². The molecule has 12 heteroatoms. The molecule has 2 aliphatic heterocycles. The lowest BCUT2D eigenvalue weighted by Gasteiger charge is -2.44. The van der Waals surface area contributed by atoms with E-state index in [-0.39, 0.29) is 37.2 Å². The van der Waals surface area contributed by atoms with Crippen molar-refractivity contribution in [2.24, 2.45) is 5.92 Å². The van der Waals surface area contributed by atoms with Crippen LogP contribution in [0.4, 0.5) is 26.7 Å². The van der Waals surface area contributed by atoms with Gasteiger partial charge in [-0.15, -0.1) is 0 Å². The number of nitrogens with zero attached hydrogens (tertiary/aromatic N) is 1. The van der Waals surface area contributed by atoms with Crippen molar-refractivity contribution in [3.8, 4) is 11.8 Å². The Labute approximate surface area is 205 Å². The van der Waals surface area contributed by atoms with Crippen molar-refractivity contribution in [1.82, 2.24) is 16.0 Å². The predicted octanol–water partition coefficient (Wildman–Crippen LogP) is 4.18. The molecule has 1 saturated carbocycles. The fourth-order valence-corrected chi connectivity index (χ4v) is 5.05. The Morgan fingerprint density at radius 2 is 1.92 bits per heavy atom. The highest BCUT2D eigenvalue weighted by molar-refractivity contribution is 5.74. The molecule has 7 atom stereocenters. The van der Waals surface area contributed by atoms with Gasteiger partial charge in [0, 0.05) is 23.9 Å². The van der Waals surface area contributed by atoms with E-state index in [1.54, 1.807) is 0 Å². The lowest BCUT2D eigenvalue weighted by atomic mass is 9.85. The summed E-state index contributed by atoms with van der Waals surface area (Å²) in [4.78, 5) is 12.7. The van der Waals surface area contributed by atoms with Crippen LogP contribution >= 0.6 is 0 Å². The van der Waals surface area contributed by atoms with E-state index in [2.05, 4.69) is 16.0 Å². The van der Waals surface area contributed by atoms with Crippen LogP contribution in [0.25, 0.3) is 0 Å². The number of alkyl halides is 4. The van der Waals surface area contributed by atoms with Crippen LogP contribution in [0.2, 0.25) is 0 Å². The molecule has 2 amide bonds. The Morgan fingerprint density at radius 3 is 2.53 bits per heavy atom. The molecule has 3 aliphatic rings. The highest BCUT2D eigenvalue weighted by Crippen LogP contribution is 2.53. The monoisotopic (exact) mass is 516 g/mol. The van der Waals surface area contributed by atoms with Gasteiger partial charge in [0.25, 0.3) is 0 Å². The second kappa shape index (κ2) is 10.4. The molecule has 1 aliphatic carbocycles. The molecule has 0 aromatic heterocycles. The molecule has 0 spiro atoms. The molecular formula is C24H29F5N4O3. The third kappa shape index (κ3) is 5.37. The molecule has 4 rings (SSSR count). The van der Waals surface area contributed by atoms with E-state index in [4.69, 9.17) is 14.7 Å². The summed E-state index contributed by atoms with van der Waals surface area (Å²) >= 11 is 0. The molecule has 198 valence electrons. The number of nitriles is 1. The third-order valence-corrected chi connectivity index (χ3v) is 7.20. The summed E-state index contributed by atoms with van der Waals surface area (Å²) in [5, 5.41) is 17.4. The molecule has 6 unspecified atom stereocenters. The Bertz CT molecular complexity index is 997. The minimum absolute atomic E-state index is 0.0477. The van der Waals surface area contributed by atoms with E-state index >= 15 is 0 Å². The van der Waals surface area contributed by atoms with E-state index in [0.29, 0.717) is 25.7 Å². The van der Waals surface area contributed by atoms with Gasteiger partial charge in [-0.3, -0.25) is 5.32 Å². The molecule has 3 N–H and O–H groups in total. The molecule has 1 aromatic rings. The molecule has 0 bridgehead atoms. The number of rotatable bonds is 5. The maximum atomic E-state index is 14.4. The van der Waals surface area contributed by atoms with Crippen LogP contribution in [0, 0.1) is 23.1 Å². The van der Waals surface area contributed by atoms with Gasteiger partial charge < -0.3 is 20.1 Å². The maximum absolute atomic E-state index is 14.4. The average molecular weight is 517 g/mol. The van der Waals surface area contributed by atoms with Gasteiger partial charge in [-0.1, -0.05) is 0 Å². The van der Waals surface area contributed by atoms with E-state index in [0.717, 1.165) is 18.2 Å². The zero-order valence-electron chi connectivity index (χ0n) is 19.7. The van der Waals surface area contributed by atoms with Crippen molar-refractivity contribution in [2.75, 3.05) is 6.61 Å². The quantitative estimate of drug-likeness (QED) is 0.511. The van der Waals surface area contributed by atoms with Gasteiger partial charge in [-0.25, -0.2) is 13.6 Å². The van der Waals surface area contributed by atoms with E-state index in [1.165, 1.54) is 0 Å². The number of benzene rings is 1. The number of urea groups is 1. The minimum Gasteiger partial charge on any atom is -0.473 e. The van der Waals surface area contributed by atoms with Crippen LogP contribution in [0.3, 0.4) is 0 Å². The number of hydrogen-bond acceptors (Lipinski definition) is 5. The third-order valence-electron chi connectivity index (χ3n) is 7.20. The predicted molar refractivity (Wildman–Crippen MR) is 118 cm³/mol. The van der Waals surface area contributed by atoms with Crippen LogP contribution in [0.15, 0.2) is 18.2 Å². The second-order valence-electron chi connectivity index (χ2n) is 9.73. The molecule has 2 heterocycles. The summed E-state index contributed by atoms with van der Waals surface area (Å²) in [5.41, 5.74) is -3.12. The van der Waals surface area contributed by atoms with Crippen LogP contribution in [0.5, 0.6) is 5.75 Å². The molecule has 1 aromatic carbocycles. The van der Waals surface area contributed by atoms with Crippen molar-refractivity contribution in [3.05, 3.63) is 29.6 Å². The van der Waals surface area contributed by atoms with Crippen LogP contribution in [-0.2, 0) is 10.3 Å². The number of hydrogen-bond donors (Lipinski definition) is 3. The van der Waals surface area contributed by atoms with Gasteiger partial charge in [0.1, 0.15) is 17.7 Å². The van der Waals surface area contributed by atoms with Crippen molar-refractivity contribution in [1.29, 1.82) is 5.26 Å². The number of amides is 2. The second-order valence-corrected chi connectivity index (χ2v) is 9.73. The largest absolute Gasteiger partial charge is 0.473 e. The molecular weight excluding hydrogens is 487 g/mol. The highest BCUT2D eigenvalue weighted by Gasteiger charge is 2.62. The van der Waals surface area contributed by atoms with Gasteiger partial charge in [-0.05, 0) is 57.2 Å². The zero-order chi connectivity index (χ0) is 26.1. The van der Waals surface area contributed by atoms with Crippen molar-refractivity contribution in [3.63, 3.8) is 0 Å². The van der Waals surface area contributed by atoms with Crippen molar-refractivity contribution in [2.45, 2.75) is 87.8 Å². The lowest BCUT2D eigenvalue weighted by Crippen LogP contribution is -2.61. The van der Waals surface area contributed by atoms with Gasteiger partial charge in [-0.2, -0.15) is 18.4 Å². The number of carbonyl (C=O) groups is 1. The smallest absolute Gasteiger partial charge is 0.421 e. The summed E-state index contributed by atoms with van der Waals surface area (Å²) < 4.78 is 81.0. The first kappa shape index (κ1) is 26.4. The maximum Gasteiger partial charge on any atom is 0.421 e. The molecule has 3 fully saturated rings. The van der Waals surface area contributed by atoms with Crippen molar-refractivity contribution < 1.29 is 36.2 Å². The average Bonchev–Trinajstić information content (AvgIpc) is 2.77. The Kier molecular flexibility index (Phi) is 7.61. The van der Waals surface area contributed by atoms with E-state index < -0.39 is 53.7 Å². The summed E-state index contributed by atoms with van der Waals surface area (Å²) in [7, 11) is 0. The highest BCUT2D eigenvalue weighted by atomic mass is 19.4. The number of halogens is 5. The Morgan fingerprint density at radius 1 is 1.22 bits per heavy atom. The summed E-state index contributed by atoms with van der Waals surface area (Å²) in [6, 6.07) is 2.84. The first-order valence-corrected chi connectivity index (χ1v) is 12.1. The van der Waals surface area contributed by atoms with Gasteiger partial charge >= 0.3 is 12.2 Å². The Hall–Kier alpha value is -2.65. The standard InChI is InChI=1S/C24H29F5N4O3/c1-13-2-5-19(33-22(34)32-18-6-3-14(12-30)10-17(18)26)21(31-13)36-20-7-4-15(25)11-16(20)23(8-9-35-23)24(27,28)29/h4,7,11,13-14,17-19,21,31H,2-3,5-6,8-10H2,1H3,(H2,32,33,34)/t13?,14?,17?,18?,19-,21?,23?/m0/s1. The molecule has 7 nitrogen and oxygen atoms in total. The number of piperidine rings is 1. The lowest BCUT2D eigenvalue weighted by molar-refractivity contribution is -0.334. The topological polar surface area (TPSA) is 95.4 Å². The fraction of sp³-hybridized carbons (Fsp3) is 0.667. The number of carbonyl (C=O) groups excluding carboxylic acids is 1. The SMILES string of the molecule is CC1CC[C@H](NC(=O)NC2CCC(C#N)CC2F)C(Oc2ccc(F)cc2C2(C(F)(F)F)CCO2)N1. The van der Waals surface area contributed by atoms with Gasteiger partial charge in [0.05, 0.1) is 24.8 Å². The number of nitrogens with one attached hydrogen (secondary N) is 3.